The number of alkyl halides is 3. The third-order valence-corrected chi connectivity index (χ3v) is 3.62. The van der Waals surface area contributed by atoms with Crippen molar-refractivity contribution >= 4 is 5.91 Å². The van der Waals surface area contributed by atoms with Gasteiger partial charge in [0.1, 0.15) is 6.54 Å². The van der Waals surface area contributed by atoms with Gasteiger partial charge in [-0.05, 0) is 31.7 Å². The Morgan fingerprint density at radius 2 is 2.24 bits per heavy atom. The molecule has 0 spiro atoms. The molecule has 1 aliphatic heterocycles. The number of rotatable bonds is 5. The van der Waals surface area contributed by atoms with E-state index in [2.05, 4.69) is 5.10 Å². The van der Waals surface area contributed by atoms with Gasteiger partial charge in [0.25, 0.3) is 0 Å². The molecule has 1 unspecified atom stereocenters. The van der Waals surface area contributed by atoms with Gasteiger partial charge in [-0.25, -0.2) is 0 Å². The Kier molecular flexibility index (Phi) is 4.87. The molecule has 0 radical (unpaired) electrons. The van der Waals surface area contributed by atoms with Gasteiger partial charge in [-0.15, -0.1) is 0 Å². The van der Waals surface area contributed by atoms with Gasteiger partial charge in [0.05, 0.1) is 0 Å². The van der Waals surface area contributed by atoms with E-state index in [1.807, 2.05) is 0 Å². The van der Waals surface area contributed by atoms with Crippen molar-refractivity contribution in [3.8, 4) is 0 Å². The van der Waals surface area contributed by atoms with Crippen LogP contribution in [0.4, 0.5) is 13.2 Å². The summed E-state index contributed by atoms with van der Waals surface area (Å²) < 4.78 is 38.4. The highest BCUT2D eigenvalue weighted by Crippen LogP contribution is 2.27. The van der Waals surface area contributed by atoms with Crippen molar-refractivity contribution in [1.29, 1.82) is 0 Å². The molecule has 5 nitrogen and oxygen atoms in total. The largest absolute Gasteiger partial charge is 0.435 e. The van der Waals surface area contributed by atoms with Gasteiger partial charge in [-0.2, -0.15) is 18.3 Å². The maximum absolute atomic E-state index is 12.4. The molecule has 1 amide bonds. The van der Waals surface area contributed by atoms with Crippen molar-refractivity contribution in [2.24, 2.45) is 0 Å². The molecule has 0 aromatic carbocycles. The molecular formula is C13H18F3N3O2. The molecule has 1 aliphatic rings. The first kappa shape index (κ1) is 15.8. The van der Waals surface area contributed by atoms with E-state index in [4.69, 9.17) is 5.11 Å². The normalized spacial score (nSPS) is 19.2. The van der Waals surface area contributed by atoms with Crippen molar-refractivity contribution < 1.29 is 23.1 Å². The number of nitrogens with zero attached hydrogens (tertiary/aromatic N) is 3. The van der Waals surface area contributed by atoms with E-state index in [-0.39, 0.29) is 25.1 Å². The average molecular weight is 305 g/mol. The van der Waals surface area contributed by atoms with Crippen LogP contribution in [0.15, 0.2) is 12.3 Å². The minimum absolute atomic E-state index is 0.0716. The van der Waals surface area contributed by atoms with Gasteiger partial charge in [-0.3, -0.25) is 9.48 Å². The molecule has 1 fully saturated rings. The average Bonchev–Trinajstić information content (AvgIpc) is 3.03. The summed E-state index contributed by atoms with van der Waals surface area (Å²) in [6.45, 7) is 0.501. The molecule has 1 saturated heterocycles. The molecule has 8 heteroatoms. The predicted octanol–water partition coefficient (Wildman–Crippen LogP) is 1.67. The quantitative estimate of drug-likeness (QED) is 0.900. The zero-order valence-electron chi connectivity index (χ0n) is 11.5. The number of aromatic nitrogens is 2. The molecule has 21 heavy (non-hydrogen) atoms. The molecule has 1 N–H and O–H groups in total. The van der Waals surface area contributed by atoms with Crippen molar-refractivity contribution in [2.75, 3.05) is 13.2 Å². The molecule has 0 aliphatic carbocycles. The maximum atomic E-state index is 12.4. The van der Waals surface area contributed by atoms with Gasteiger partial charge in [0, 0.05) is 25.4 Å². The predicted molar refractivity (Wildman–Crippen MR) is 68.3 cm³/mol. The highest BCUT2D eigenvalue weighted by molar-refractivity contribution is 5.76. The zero-order valence-corrected chi connectivity index (χ0v) is 11.5. The molecule has 1 atom stereocenters. The summed E-state index contributed by atoms with van der Waals surface area (Å²) in [5.74, 6) is -0.229. The van der Waals surface area contributed by atoms with Crippen LogP contribution in [0.25, 0.3) is 0 Å². The summed E-state index contributed by atoms with van der Waals surface area (Å²) >= 11 is 0. The summed E-state index contributed by atoms with van der Waals surface area (Å²) in [5.41, 5.74) is -0.992. The van der Waals surface area contributed by atoms with E-state index in [0.29, 0.717) is 13.0 Å². The summed E-state index contributed by atoms with van der Waals surface area (Å²) in [6, 6.07) is 0.933. The van der Waals surface area contributed by atoms with Crippen molar-refractivity contribution in [3.63, 3.8) is 0 Å². The number of hydrogen-bond donors (Lipinski definition) is 1. The third kappa shape index (κ3) is 3.96. The number of carbonyl (C=O) groups is 1. The monoisotopic (exact) mass is 305 g/mol. The minimum Gasteiger partial charge on any atom is -0.396 e. The van der Waals surface area contributed by atoms with E-state index in [9.17, 15) is 18.0 Å². The van der Waals surface area contributed by atoms with Crippen LogP contribution in [0.2, 0.25) is 0 Å². The molecule has 0 bridgehead atoms. The highest BCUT2D eigenvalue weighted by Gasteiger charge is 2.34. The lowest BCUT2D eigenvalue weighted by atomic mass is 10.1. The second-order valence-corrected chi connectivity index (χ2v) is 5.15. The lowest BCUT2D eigenvalue weighted by Crippen LogP contribution is -2.38. The summed E-state index contributed by atoms with van der Waals surface area (Å²) in [4.78, 5) is 13.9. The van der Waals surface area contributed by atoms with E-state index in [1.165, 1.54) is 6.20 Å². The van der Waals surface area contributed by atoms with E-state index in [0.717, 1.165) is 30.0 Å². The Hall–Kier alpha value is -1.57. The van der Waals surface area contributed by atoms with Crippen LogP contribution in [-0.4, -0.2) is 44.9 Å². The highest BCUT2D eigenvalue weighted by atomic mass is 19.4. The van der Waals surface area contributed by atoms with Crippen molar-refractivity contribution in [3.05, 3.63) is 18.0 Å². The summed E-state index contributed by atoms with van der Waals surface area (Å²) in [7, 11) is 0. The maximum Gasteiger partial charge on any atom is 0.435 e. The number of aliphatic hydroxyl groups is 1. The fourth-order valence-electron chi connectivity index (χ4n) is 2.62. The number of halogens is 3. The van der Waals surface area contributed by atoms with Gasteiger partial charge in [0.15, 0.2) is 5.69 Å². The summed E-state index contributed by atoms with van der Waals surface area (Å²) in [6.07, 6.45) is -0.234. The third-order valence-electron chi connectivity index (χ3n) is 3.62. The molecule has 2 rings (SSSR count). The number of likely N-dealkylation sites (tertiary alicyclic amines) is 1. The number of hydrogen-bond acceptors (Lipinski definition) is 3. The van der Waals surface area contributed by atoms with E-state index in [1.54, 1.807) is 4.90 Å². The van der Waals surface area contributed by atoms with Crippen LogP contribution in [0.5, 0.6) is 0 Å². The first-order valence-electron chi connectivity index (χ1n) is 6.93. The van der Waals surface area contributed by atoms with Gasteiger partial charge < -0.3 is 10.0 Å². The molecule has 1 aromatic rings. The first-order chi connectivity index (χ1) is 9.91. The number of aliphatic hydroxyl groups excluding tert-OH is 1. The van der Waals surface area contributed by atoms with E-state index >= 15 is 0 Å². The van der Waals surface area contributed by atoms with Gasteiger partial charge in [-0.1, -0.05) is 0 Å². The lowest BCUT2D eigenvalue weighted by molar-refractivity contribution is -0.142. The second kappa shape index (κ2) is 6.46. The molecular weight excluding hydrogens is 287 g/mol. The Labute approximate surface area is 120 Å². The Morgan fingerprint density at radius 3 is 2.86 bits per heavy atom. The van der Waals surface area contributed by atoms with Crippen molar-refractivity contribution in [1.82, 2.24) is 14.7 Å². The zero-order chi connectivity index (χ0) is 15.5. The van der Waals surface area contributed by atoms with E-state index < -0.39 is 11.9 Å². The molecule has 1 aromatic heterocycles. The van der Waals surface area contributed by atoms with Crippen LogP contribution in [0, 0.1) is 0 Å². The standard InChI is InChI=1S/C13H18F3N3O2/c14-13(15,16)11-5-7-18(17-11)9-12(21)19-6-1-3-10(19)4-2-8-20/h5,7,10,20H,1-4,6,8-9H2. The smallest absolute Gasteiger partial charge is 0.396 e. The Bertz CT molecular complexity index is 487. The Balaban J connectivity index is 1.96. The minimum atomic E-state index is -4.49. The van der Waals surface area contributed by atoms with Crippen LogP contribution in [0.3, 0.4) is 0 Å². The molecule has 0 saturated carbocycles. The SMILES string of the molecule is O=C(Cn1ccc(C(F)(F)F)n1)N1CCCC1CCCO. The fourth-order valence-corrected chi connectivity index (χ4v) is 2.62. The van der Waals surface area contributed by atoms with Crippen LogP contribution < -0.4 is 0 Å². The first-order valence-corrected chi connectivity index (χ1v) is 6.93. The molecule has 2 heterocycles. The second-order valence-electron chi connectivity index (χ2n) is 5.15. The Morgan fingerprint density at radius 1 is 1.48 bits per heavy atom. The number of carbonyl (C=O) groups excluding carboxylic acids is 1. The van der Waals surface area contributed by atoms with Crippen LogP contribution in [0.1, 0.15) is 31.4 Å². The van der Waals surface area contributed by atoms with Crippen LogP contribution in [-0.2, 0) is 17.5 Å². The topological polar surface area (TPSA) is 58.4 Å². The van der Waals surface area contributed by atoms with Gasteiger partial charge in [0.2, 0.25) is 5.91 Å². The lowest BCUT2D eigenvalue weighted by Gasteiger charge is -2.24. The van der Waals surface area contributed by atoms with Gasteiger partial charge >= 0.3 is 6.18 Å². The number of amides is 1. The van der Waals surface area contributed by atoms with Crippen LogP contribution >= 0.6 is 0 Å². The molecule has 118 valence electrons. The fraction of sp³-hybridized carbons (Fsp3) is 0.692. The summed E-state index contributed by atoms with van der Waals surface area (Å²) in [5, 5.41) is 12.2. The van der Waals surface area contributed by atoms with Crippen molar-refractivity contribution in [2.45, 2.75) is 44.4 Å².